The van der Waals surface area contributed by atoms with Crippen LogP contribution in [0.3, 0.4) is 0 Å². The third-order valence-corrected chi connectivity index (χ3v) is 5.77. The van der Waals surface area contributed by atoms with Crippen LogP contribution in [-0.2, 0) is 11.3 Å². The highest BCUT2D eigenvalue weighted by molar-refractivity contribution is 6.19. The number of hydrogen-bond acceptors (Lipinski definition) is 4. The van der Waals surface area contributed by atoms with E-state index in [-0.39, 0.29) is 0 Å². The highest BCUT2D eigenvalue weighted by Crippen LogP contribution is 2.39. The van der Waals surface area contributed by atoms with E-state index in [4.69, 9.17) is 20.3 Å². The van der Waals surface area contributed by atoms with E-state index >= 15 is 0 Å². The lowest BCUT2D eigenvalue weighted by Gasteiger charge is -2.14. The molecule has 1 amide bonds. The summed E-state index contributed by atoms with van der Waals surface area (Å²) in [6.07, 6.45) is 0. The van der Waals surface area contributed by atoms with Crippen LogP contribution in [0.5, 0.6) is 17.2 Å². The highest BCUT2D eigenvalue weighted by Gasteiger charge is 2.20. The first-order valence-corrected chi connectivity index (χ1v) is 11.0. The molecule has 0 fully saturated rings. The molecule has 4 aromatic carbocycles. The predicted molar refractivity (Wildman–Crippen MR) is 133 cm³/mol. The fourth-order valence-electron chi connectivity index (χ4n) is 4.31. The number of rotatable bonds is 8. The van der Waals surface area contributed by atoms with Crippen LogP contribution in [0.25, 0.3) is 21.8 Å². The maximum Gasteiger partial charge on any atom is 0.341 e. The number of carbonyl (C=O) groups excluding carboxylic acids is 1. The topological polar surface area (TPSA) is 104 Å². The zero-order valence-electron chi connectivity index (χ0n) is 18.7. The number of hydrogen-bond donors (Lipinski definition) is 2. The summed E-state index contributed by atoms with van der Waals surface area (Å²) in [5.74, 6) is 0.139. The van der Waals surface area contributed by atoms with Gasteiger partial charge in [0, 0.05) is 16.5 Å². The predicted octanol–water partition coefficient (Wildman–Crippen LogP) is 5.20. The van der Waals surface area contributed by atoms with Crippen LogP contribution >= 0.6 is 0 Å². The number of nitrogens with two attached hydrogens (primary N) is 1. The van der Waals surface area contributed by atoms with Gasteiger partial charge in [0.1, 0.15) is 17.2 Å². The van der Waals surface area contributed by atoms with Crippen molar-refractivity contribution in [2.45, 2.75) is 6.54 Å². The molecule has 0 aliphatic heterocycles. The van der Waals surface area contributed by atoms with Crippen molar-refractivity contribution in [3.8, 4) is 17.2 Å². The summed E-state index contributed by atoms with van der Waals surface area (Å²) in [6.45, 7) is -0.0636. The smallest absolute Gasteiger partial charge is 0.341 e. The highest BCUT2D eigenvalue weighted by atomic mass is 16.5. The number of carbonyl (C=O) groups is 2. The maximum absolute atomic E-state index is 12.3. The van der Waals surface area contributed by atoms with E-state index < -0.39 is 18.5 Å². The van der Waals surface area contributed by atoms with Gasteiger partial charge in [0.2, 0.25) is 5.91 Å². The molecule has 0 spiro atoms. The van der Waals surface area contributed by atoms with Gasteiger partial charge in [0.05, 0.1) is 23.0 Å². The van der Waals surface area contributed by atoms with Gasteiger partial charge in [-0.05, 0) is 42.5 Å². The molecule has 35 heavy (non-hydrogen) atoms. The number of nitrogens with zero attached hydrogens (tertiary/aromatic N) is 1. The molecular weight excluding hydrogens is 444 g/mol. The molecule has 1 aromatic heterocycles. The van der Waals surface area contributed by atoms with Gasteiger partial charge in [-0.25, -0.2) is 4.79 Å². The molecule has 7 nitrogen and oxygen atoms in total. The molecule has 0 aliphatic rings. The molecule has 0 saturated heterocycles. The van der Waals surface area contributed by atoms with E-state index in [1.54, 1.807) is 24.3 Å². The number of ether oxygens (including phenoxy) is 2. The first-order valence-electron chi connectivity index (χ1n) is 11.0. The van der Waals surface area contributed by atoms with Crippen molar-refractivity contribution in [2.75, 3.05) is 6.61 Å². The van der Waals surface area contributed by atoms with Crippen molar-refractivity contribution in [1.29, 1.82) is 0 Å². The molecule has 1 heterocycles. The molecular formula is C28H22N2O5. The Balaban J connectivity index is 1.69. The fraction of sp³-hybridized carbons (Fsp3) is 0.0714. The van der Waals surface area contributed by atoms with E-state index in [1.165, 1.54) is 0 Å². The Kier molecular flexibility index (Phi) is 5.81. The maximum atomic E-state index is 12.3. The Morgan fingerprint density at radius 2 is 1.43 bits per heavy atom. The number of benzene rings is 4. The van der Waals surface area contributed by atoms with Crippen LogP contribution in [-0.4, -0.2) is 28.2 Å². The van der Waals surface area contributed by atoms with Gasteiger partial charge in [0.15, 0.2) is 6.61 Å². The fourth-order valence-corrected chi connectivity index (χ4v) is 4.31. The number of amides is 1. The van der Waals surface area contributed by atoms with E-state index in [0.717, 1.165) is 22.3 Å². The lowest BCUT2D eigenvalue weighted by Crippen LogP contribution is -2.11. The third kappa shape index (κ3) is 4.27. The summed E-state index contributed by atoms with van der Waals surface area (Å²) in [6, 6.07) is 28.0. The van der Waals surface area contributed by atoms with E-state index in [2.05, 4.69) is 4.57 Å². The first-order chi connectivity index (χ1) is 17.0. The van der Waals surface area contributed by atoms with E-state index in [1.807, 2.05) is 66.7 Å². The molecule has 0 atom stereocenters. The Labute approximate surface area is 200 Å². The van der Waals surface area contributed by atoms with Crippen LogP contribution in [0.4, 0.5) is 0 Å². The van der Waals surface area contributed by atoms with Gasteiger partial charge in [-0.1, -0.05) is 48.5 Å². The molecule has 5 aromatic rings. The number of carboxylic acid groups (broad SMARTS) is 1. The number of aliphatic carboxylic acids is 1. The quantitative estimate of drug-likeness (QED) is 0.327. The van der Waals surface area contributed by atoms with Crippen LogP contribution < -0.4 is 15.2 Å². The van der Waals surface area contributed by atoms with Crippen LogP contribution in [0.1, 0.15) is 15.9 Å². The average Bonchev–Trinajstić information content (AvgIpc) is 3.18. The van der Waals surface area contributed by atoms with Crippen molar-refractivity contribution >= 4 is 33.7 Å². The van der Waals surface area contributed by atoms with Gasteiger partial charge < -0.3 is 24.9 Å². The zero-order chi connectivity index (χ0) is 24.4. The molecule has 0 saturated carbocycles. The number of para-hydroxylation sites is 2. The van der Waals surface area contributed by atoms with Crippen LogP contribution in [0.2, 0.25) is 0 Å². The minimum Gasteiger partial charge on any atom is -0.481 e. The lowest BCUT2D eigenvalue weighted by molar-refractivity contribution is -0.139. The van der Waals surface area contributed by atoms with Gasteiger partial charge in [0.25, 0.3) is 0 Å². The summed E-state index contributed by atoms with van der Waals surface area (Å²) in [5, 5.41) is 10.4. The monoisotopic (exact) mass is 466 g/mol. The number of fused-ring (bicyclic) bond motifs is 3. The first kappa shape index (κ1) is 22.0. The Morgan fingerprint density at radius 1 is 0.771 bits per heavy atom. The van der Waals surface area contributed by atoms with Gasteiger partial charge in [-0.15, -0.1) is 0 Å². The molecule has 0 aliphatic carbocycles. The lowest BCUT2D eigenvalue weighted by atomic mass is 10.1. The number of carboxylic acids is 1. The summed E-state index contributed by atoms with van der Waals surface area (Å²) >= 11 is 0. The standard InChI is InChI=1S/C28H22N2O5/c29-28(33)20-11-6-12-21-26(20)27-22(13-7-15-24(27)34-17-25(31)32)30(21)16-18-8-4-5-14-23(18)35-19-9-2-1-3-10-19/h1-15H,16-17H2,(H2,29,33)(H,31,32). The minimum absolute atomic E-state index is 0.339. The average molecular weight is 466 g/mol. The normalized spacial score (nSPS) is 11.0. The summed E-state index contributed by atoms with van der Waals surface area (Å²) in [5.41, 5.74) is 8.54. The van der Waals surface area contributed by atoms with Gasteiger partial charge >= 0.3 is 5.97 Å². The van der Waals surface area contributed by atoms with Crippen molar-refractivity contribution in [1.82, 2.24) is 4.57 Å². The Morgan fingerprint density at radius 3 is 2.17 bits per heavy atom. The molecule has 5 rings (SSSR count). The molecule has 174 valence electrons. The minimum atomic E-state index is -1.09. The van der Waals surface area contributed by atoms with Crippen molar-refractivity contribution in [2.24, 2.45) is 5.73 Å². The molecule has 0 radical (unpaired) electrons. The van der Waals surface area contributed by atoms with Crippen molar-refractivity contribution < 1.29 is 24.2 Å². The Hall–Kier alpha value is -4.78. The SMILES string of the molecule is NC(=O)c1cccc2c1c1c(OCC(=O)O)cccc1n2Cc1ccccc1Oc1ccccc1. The van der Waals surface area contributed by atoms with Crippen molar-refractivity contribution in [3.05, 3.63) is 102 Å². The van der Waals surface area contributed by atoms with Gasteiger partial charge in [-0.3, -0.25) is 4.79 Å². The third-order valence-electron chi connectivity index (χ3n) is 5.77. The summed E-state index contributed by atoms with van der Waals surface area (Å²) in [4.78, 5) is 23.5. The van der Waals surface area contributed by atoms with Crippen LogP contribution in [0, 0.1) is 0 Å². The van der Waals surface area contributed by atoms with E-state index in [0.29, 0.717) is 34.4 Å². The molecule has 7 heteroatoms. The van der Waals surface area contributed by atoms with E-state index in [9.17, 15) is 9.59 Å². The Bertz CT molecular complexity index is 1560. The second-order valence-electron chi connectivity index (χ2n) is 8.01. The second-order valence-corrected chi connectivity index (χ2v) is 8.01. The zero-order valence-corrected chi connectivity index (χ0v) is 18.7. The van der Waals surface area contributed by atoms with Crippen molar-refractivity contribution in [3.63, 3.8) is 0 Å². The van der Waals surface area contributed by atoms with Crippen LogP contribution in [0.15, 0.2) is 91.0 Å². The largest absolute Gasteiger partial charge is 0.481 e. The molecule has 0 unspecified atom stereocenters. The second kappa shape index (κ2) is 9.23. The summed E-state index contributed by atoms with van der Waals surface area (Å²) < 4.78 is 13.8. The van der Waals surface area contributed by atoms with Gasteiger partial charge in [-0.2, -0.15) is 0 Å². The molecule has 0 bridgehead atoms. The molecule has 3 N–H and O–H groups in total. The number of aromatic nitrogens is 1. The number of primary amides is 1. The summed E-state index contributed by atoms with van der Waals surface area (Å²) in [7, 11) is 0.